The summed E-state index contributed by atoms with van der Waals surface area (Å²) < 4.78 is 0. The van der Waals surface area contributed by atoms with Gasteiger partial charge in [0.2, 0.25) is 0 Å². The molecule has 0 aromatic heterocycles. The molecule has 0 fully saturated rings. The fourth-order valence-electron chi connectivity index (χ4n) is 1.91. The molecule has 2 nitrogen and oxygen atoms in total. The third kappa shape index (κ3) is 16.9. The van der Waals surface area contributed by atoms with E-state index in [4.69, 9.17) is 5.11 Å². The molecule has 0 atom stereocenters. The minimum absolute atomic E-state index is 0.240. The third-order valence-corrected chi connectivity index (χ3v) is 3.08. The molecule has 0 aromatic rings. The first-order valence-electron chi connectivity index (χ1n) is 7.79. The molecule has 0 aromatic carbocycles. The molecule has 1 N–H and O–H groups in total. The predicted octanol–water partition coefficient (Wildman–Crippen LogP) is 5.49. The van der Waals surface area contributed by atoms with Crippen LogP contribution in [0.5, 0.6) is 0 Å². The normalized spacial score (nSPS) is 11.6. The van der Waals surface area contributed by atoms with Gasteiger partial charge >= 0.3 is 5.97 Å². The topological polar surface area (TPSA) is 37.3 Å². The van der Waals surface area contributed by atoms with Crippen LogP contribution < -0.4 is 0 Å². The number of rotatable bonds is 13. The van der Waals surface area contributed by atoms with E-state index in [1.165, 1.54) is 44.9 Å². The van der Waals surface area contributed by atoms with E-state index in [0.29, 0.717) is 6.42 Å². The van der Waals surface area contributed by atoms with Gasteiger partial charge in [-0.3, -0.25) is 4.79 Å². The SMILES string of the molecule is CCCCCCCC/C=C/CC/C=C/CCC(=O)O. The van der Waals surface area contributed by atoms with Gasteiger partial charge in [0, 0.05) is 6.42 Å². The van der Waals surface area contributed by atoms with Crippen LogP contribution in [-0.4, -0.2) is 11.1 Å². The molecule has 0 aliphatic rings. The predicted molar refractivity (Wildman–Crippen MR) is 82.4 cm³/mol. The van der Waals surface area contributed by atoms with Crippen LogP contribution in [0.2, 0.25) is 0 Å². The lowest BCUT2D eigenvalue weighted by Gasteiger charge is -1.97. The number of carbonyl (C=O) groups is 1. The molecule has 110 valence electrons. The van der Waals surface area contributed by atoms with Crippen molar-refractivity contribution in [2.24, 2.45) is 0 Å². The largest absolute Gasteiger partial charge is 0.481 e. The van der Waals surface area contributed by atoms with Gasteiger partial charge in [-0.1, -0.05) is 63.3 Å². The molecule has 0 unspecified atom stereocenters. The second-order valence-corrected chi connectivity index (χ2v) is 5.01. The molecule has 2 heteroatoms. The summed E-state index contributed by atoms with van der Waals surface area (Å²) in [5.74, 6) is -0.719. The highest BCUT2D eigenvalue weighted by molar-refractivity contribution is 5.66. The molecule has 0 spiro atoms. The average molecular weight is 266 g/mol. The van der Waals surface area contributed by atoms with Crippen molar-refractivity contribution in [1.82, 2.24) is 0 Å². The Morgan fingerprint density at radius 1 is 0.789 bits per heavy atom. The number of carboxylic acids is 1. The fourth-order valence-corrected chi connectivity index (χ4v) is 1.91. The van der Waals surface area contributed by atoms with Crippen LogP contribution in [0.1, 0.15) is 77.6 Å². The Hall–Kier alpha value is -1.05. The summed E-state index contributed by atoms with van der Waals surface area (Å²) in [6.07, 6.45) is 20.9. The zero-order valence-electron chi connectivity index (χ0n) is 12.4. The van der Waals surface area contributed by atoms with Gasteiger partial charge in [0.15, 0.2) is 0 Å². The van der Waals surface area contributed by atoms with E-state index in [2.05, 4.69) is 25.2 Å². The Morgan fingerprint density at radius 3 is 1.95 bits per heavy atom. The average Bonchev–Trinajstić information content (AvgIpc) is 2.39. The van der Waals surface area contributed by atoms with Gasteiger partial charge in [-0.15, -0.1) is 0 Å². The van der Waals surface area contributed by atoms with Gasteiger partial charge in [0.1, 0.15) is 0 Å². The molecule has 0 aliphatic carbocycles. The summed E-state index contributed by atoms with van der Waals surface area (Å²) in [5, 5.41) is 8.46. The lowest BCUT2D eigenvalue weighted by atomic mass is 10.1. The zero-order chi connectivity index (χ0) is 14.2. The maximum Gasteiger partial charge on any atom is 0.303 e. The van der Waals surface area contributed by atoms with Crippen LogP contribution in [0.4, 0.5) is 0 Å². The van der Waals surface area contributed by atoms with Crippen molar-refractivity contribution in [1.29, 1.82) is 0 Å². The van der Waals surface area contributed by atoms with Gasteiger partial charge in [-0.2, -0.15) is 0 Å². The van der Waals surface area contributed by atoms with Crippen molar-refractivity contribution in [2.75, 3.05) is 0 Å². The lowest BCUT2D eigenvalue weighted by Crippen LogP contribution is -1.91. The van der Waals surface area contributed by atoms with Gasteiger partial charge in [0.25, 0.3) is 0 Å². The van der Waals surface area contributed by atoms with Crippen molar-refractivity contribution in [3.05, 3.63) is 24.3 Å². The molecule has 0 rings (SSSR count). The van der Waals surface area contributed by atoms with Gasteiger partial charge in [-0.05, 0) is 32.1 Å². The summed E-state index contributed by atoms with van der Waals surface area (Å²) in [4.78, 5) is 10.3. The molecule has 0 saturated heterocycles. The minimum atomic E-state index is -0.719. The highest BCUT2D eigenvalue weighted by Crippen LogP contribution is 2.07. The van der Waals surface area contributed by atoms with Crippen molar-refractivity contribution >= 4 is 5.97 Å². The number of allylic oxidation sites excluding steroid dienone is 4. The number of carboxylic acid groups (broad SMARTS) is 1. The van der Waals surface area contributed by atoms with Gasteiger partial charge < -0.3 is 5.11 Å². The van der Waals surface area contributed by atoms with E-state index in [0.717, 1.165) is 12.8 Å². The minimum Gasteiger partial charge on any atom is -0.481 e. The third-order valence-electron chi connectivity index (χ3n) is 3.08. The first-order valence-corrected chi connectivity index (χ1v) is 7.79. The smallest absolute Gasteiger partial charge is 0.303 e. The van der Waals surface area contributed by atoms with Gasteiger partial charge in [0.05, 0.1) is 0 Å². The number of hydrogen-bond acceptors (Lipinski definition) is 1. The number of hydrogen-bond donors (Lipinski definition) is 1. The molecule has 0 heterocycles. The van der Waals surface area contributed by atoms with E-state index >= 15 is 0 Å². The van der Waals surface area contributed by atoms with Crippen LogP contribution in [-0.2, 0) is 4.79 Å². The first-order chi connectivity index (χ1) is 9.27. The van der Waals surface area contributed by atoms with Crippen LogP contribution in [0, 0.1) is 0 Å². The van der Waals surface area contributed by atoms with E-state index in [9.17, 15) is 4.79 Å². The molecule has 0 saturated carbocycles. The second-order valence-electron chi connectivity index (χ2n) is 5.01. The highest BCUT2D eigenvalue weighted by atomic mass is 16.4. The highest BCUT2D eigenvalue weighted by Gasteiger charge is 1.91. The summed E-state index contributed by atoms with van der Waals surface area (Å²) in [6, 6.07) is 0. The monoisotopic (exact) mass is 266 g/mol. The molecular formula is C17H30O2. The Balaban J connectivity index is 3.19. The van der Waals surface area contributed by atoms with E-state index < -0.39 is 5.97 Å². The maximum absolute atomic E-state index is 10.3. The second kappa shape index (κ2) is 15.0. The fraction of sp³-hybridized carbons (Fsp3) is 0.706. The molecule has 0 aliphatic heterocycles. The van der Waals surface area contributed by atoms with Crippen LogP contribution in [0.15, 0.2) is 24.3 Å². The Kier molecular flexibility index (Phi) is 14.2. The molecule has 19 heavy (non-hydrogen) atoms. The van der Waals surface area contributed by atoms with Crippen molar-refractivity contribution < 1.29 is 9.90 Å². The van der Waals surface area contributed by atoms with E-state index in [1.54, 1.807) is 0 Å². The first kappa shape index (κ1) is 17.9. The number of unbranched alkanes of at least 4 members (excludes halogenated alkanes) is 7. The molecule has 0 bridgehead atoms. The van der Waals surface area contributed by atoms with Crippen LogP contribution >= 0.6 is 0 Å². The zero-order valence-corrected chi connectivity index (χ0v) is 12.4. The summed E-state index contributed by atoms with van der Waals surface area (Å²) in [5.41, 5.74) is 0. The van der Waals surface area contributed by atoms with Gasteiger partial charge in [-0.25, -0.2) is 0 Å². The summed E-state index contributed by atoms with van der Waals surface area (Å²) in [7, 11) is 0. The summed E-state index contributed by atoms with van der Waals surface area (Å²) >= 11 is 0. The Morgan fingerprint density at radius 2 is 1.32 bits per heavy atom. The van der Waals surface area contributed by atoms with Crippen molar-refractivity contribution in [3.8, 4) is 0 Å². The lowest BCUT2D eigenvalue weighted by molar-refractivity contribution is -0.136. The quantitative estimate of drug-likeness (QED) is 0.353. The van der Waals surface area contributed by atoms with E-state index in [1.807, 2.05) is 6.08 Å². The Labute approximate surface area is 118 Å². The Bertz CT molecular complexity index is 254. The van der Waals surface area contributed by atoms with Crippen molar-refractivity contribution in [2.45, 2.75) is 77.6 Å². The number of aliphatic carboxylic acids is 1. The van der Waals surface area contributed by atoms with Crippen molar-refractivity contribution in [3.63, 3.8) is 0 Å². The molecular weight excluding hydrogens is 236 g/mol. The molecule has 0 amide bonds. The summed E-state index contributed by atoms with van der Waals surface area (Å²) in [6.45, 7) is 2.25. The maximum atomic E-state index is 10.3. The van der Waals surface area contributed by atoms with E-state index in [-0.39, 0.29) is 6.42 Å². The standard InChI is InChI=1S/C17H30O2/c1-2-3-4-5-6-7-8-9-10-11-12-13-14-15-16-17(18)19/h9-10,13-14H,2-8,11-12,15-16H2,1H3,(H,18,19)/b10-9+,14-13+. The van der Waals surface area contributed by atoms with Crippen LogP contribution in [0.3, 0.4) is 0 Å². The van der Waals surface area contributed by atoms with Crippen LogP contribution in [0.25, 0.3) is 0 Å². The molecule has 0 radical (unpaired) electrons.